The van der Waals surface area contributed by atoms with Crippen LogP contribution in [-0.4, -0.2) is 36.5 Å². The third-order valence-electron chi connectivity index (χ3n) is 4.85. The summed E-state index contributed by atoms with van der Waals surface area (Å²) in [7, 11) is 1.36. The Hall–Kier alpha value is -2.01. The van der Waals surface area contributed by atoms with Gasteiger partial charge in [-0.3, -0.25) is 4.79 Å². The van der Waals surface area contributed by atoms with Crippen molar-refractivity contribution < 1.29 is 19.1 Å². The van der Waals surface area contributed by atoms with Crippen LogP contribution in [0.25, 0.3) is 0 Å². The van der Waals surface area contributed by atoms with E-state index in [1.807, 2.05) is 12.1 Å². The van der Waals surface area contributed by atoms with Crippen molar-refractivity contribution in [2.75, 3.05) is 13.7 Å². The number of amides is 1. The largest absolute Gasteiger partial charge is 0.467 e. The van der Waals surface area contributed by atoms with Gasteiger partial charge in [-0.15, -0.1) is 0 Å². The number of methoxy groups -OCH3 is 1. The number of hydrogen-bond donors (Lipinski definition) is 0. The number of nitrogens with zero attached hydrogens (tertiary/aromatic N) is 1. The fraction of sp³-hybridized carbons (Fsp3) is 0.474. The second-order valence-electron chi connectivity index (χ2n) is 6.83. The molecule has 1 aromatic rings. The maximum Gasteiger partial charge on any atom is 0.328 e. The Bertz CT molecular complexity index is 696. The summed E-state index contributed by atoms with van der Waals surface area (Å²) >= 11 is 6.09. The van der Waals surface area contributed by atoms with Gasteiger partial charge < -0.3 is 14.4 Å². The topological polar surface area (TPSA) is 55.8 Å². The van der Waals surface area contributed by atoms with Crippen LogP contribution in [0.1, 0.15) is 26.2 Å². The fourth-order valence-corrected chi connectivity index (χ4v) is 3.74. The Morgan fingerprint density at radius 3 is 2.72 bits per heavy atom. The molecule has 0 spiro atoms. The van der Waals surface area contributed by atoms with Crippen LogP contribution in [0.15, 0.2) is 36.1 Å². The molecule has 0 saturated heterocycles. The maximum atomic E-state index is 12.4. The van der Waals surface area contributed by atoms with Gasteiger partial charge in [0, 0.05) is 6.08 Å². The molecule has 3 rings (SSSR count). The summed E-state index contributed by atoms with van der Waals surface area (Å²) in [5.74, 6) is 1.52. The normalized spacial score (nSPS) is 23.7. The van der Waals surface area contributed by atoms with Gasteiger partial charge in [0.25, 0.3) is 5.91 Å². The molecule has 0 aromatic heterocycles. The molecule has 1 fully saturated rings. The van der Waals surface area contributed by atoms with Crippen molar-refractivity contribution in [3.8, 4) is 5.75 Å². The van der Waals surface area contributed by atoms with Gasteiger partial charge >= 0.3 is 5.97 Å². The molecule has 1 amide bonds. The first kappa shape index (κ1) is 17.8. The van der Waals surface area contributed by atoms with E-state index in [-0.39, 0.29) is 18.4 Å². The highest BCUT2D eigenvalue weighted by atomic mass is 35.5. The minimum atomic E-state index is -0.571. The van der Waals surface area contributed by atoms with Gasteiger partial charge in [-0.2, -0.15) is 0 Å². The Kier molecular flexibility index (Phi) is 5.33. The van der Waals surface area contributed by atoms with Gasteiger partial charge in [0.05, 0.1) is 18.7 Å². The highest BCUT2D eigenvalue weighted by Crippen LogP contribution is 2.38. The molecule has 2 aliphatic rings. The highest BCUT2D eigenvalue weighted by Gasteiger charge is 2.38. The molecular weight excluding hydrogens is 342 g/mol. The smallest absolute Gasteiger partial charge is 0.328 e. The average molecular weight is 364 g/mol. The highest BCUT2D eigenvalue weighted by molar-refractivity contribution is 6.32. The van der Waals surface area contributed by atoms with E-state index in [1.165, 1.54) is 18.1 Å². The van der Waals surface area contributed by atoms with Gasteiger partial charge in [-0.05, 0) is 43.2 Å². The molecule has 1 heterocycles. The fourth-order valence-electron chi connectivity index (χ4n) is 3.57. The molecule has 1 aliphatic carbocycles. The summed E-state index contributed by atoms with van der Waals surface area (Å²) in [4.78, 5) is 26.2. The van der Waals surface area contributed by atoms with Crippen molar-refractivity contribution in [1.29, 1.82) is 0 Å². The lowest BCUT2D eigenvalue weighted by Crippen LogP contribution is -2.45. The number of ether oxygens (including phenoxy) is 2. The molecule has 1 aliphatic heterocycles. The maximum absolute atomic E-state index is 12.4. The van der Waals surface area contributed by atoms with Crippen molar-refractivity contribution in [2.24, 2.45) is 11.8 Å². The van der Waals surface area contributed by atoms with Crippen LogP contribution in [0.4, 0.5) is 0 Å². The van der Waals surface area contributed by atoms with Crippen LogP contribution in [0, 0.1) is 11.8 Å². The molecular formula is C19H22ClNO4. The first-order chi connectivity index (χ1) is 12.0. The van der Waals surface area contributed by atoms with Crippen LogP contribution in [-0.2, 0) is 14.3 Å². The lowest BCUT2D eigenvalue weighted by molar-refractivity contribution is -0.152. The SMILES string of the molecule is COC(=O)C(CC1CC(C)C1)N1CC(Oc2ccccc2Cl)=CC1=O. The average Bonchev–Trinajstić information content (AvgIpc) is 2.92. The Morgan fingerprint density at radius 2 is 2.08 bits per heavy atom. The van der Waals surface area contributed by atoms with Crippen LogP contribution < -0.4 is 4.74 Å². The summed E-state index contributed by atoms with van der Waals surface area (Å²) < 4.78 is 10.7. The first-order valence-corrected chi connectivity index (χ1v) is 8.87. The van der Waals surface area contributed by atoms with E-state index >= 15 is 0 Å². The Labute approximate surface area is 152 Å². The summed E-state index contributed by atoms with van der Waals surface area (Å²) in [5.41, 5.74) is 0. The van der Waals surface area contributed by atoms with E-state index < -0.39 is 6.04 Å². The third-order valence-corrected chi connectivity index (χ3v) is 5.16. The van der Waals surface area contributed by atoms with Crippen LogP contribution >= 0.6 is 11.6 Å². The summed E-state index contributed by atoms with van der Waals surface area (Å²) in [5, 5.41) is 0.474. The summed E-state index contributed by atoms with van der Waals surface area (Å²) in [6.07, 6.45) is 4.23. The number of hydrogen-bond acceptors (Lipinski definition) is 4. The molecule has 0 bridgehead atoms. The molecule has 25 heavy (non-hydrogen) atoms. The Morgan fingerprint density at radius 1 is 1.36 bits per heavy atom. The van der Waals surface area contributed by atoms with E-state index in [4.69, 9.17) is 21.1 Å². The van der Waals surface area contributed by atoms with Gasteiger partial charge in [0.2, 0.25) is 0 Å². The van der Waals surface area contributed by atoms with Crippen molar-refractivity contribution in [3.05, 3.63) is 41.1 Å². The van der Waals surface area contributed by atoms with Crippen LogP contribution in [0.2, 0.25) is 5.02 Å². The molecule has 0 radical (unpaired) electrons. The summed E-state index contributed by atoms with van der Waals surface area (Å²) in [6.45, 7) is 2.44. The number of para-hydroxylation sites is 1. The zero-order valence-electron chi connectivity index (χ0n) is 14.4. The molecule has 6 heteroatoms. The van der Waals surface area contributed by atoms with Crippen LogP contribution in [0.5, 0.6) is 5.75 Å². The Balaban J connectivity index is 1.68. The minimum absolute atomic E-state index is 0.232. The predicted molar refractivity (Wildman–Crippen MR) is 94.2 cm³/mol. The molecule has 5 nitrogen and oxygen atoms in total. The molecule has 1 saturated carbocycles. The number of halogens is 1. The molecule has 0 N–H and O–H groups in total. The number of carbonyl (C=O) groups excluding carboxylic acids is 2. The number of carbonyl (C=O) groups is 2. The summed E-state index contributed by atoms with van der Waals surface area (Å²) in [6, 6.07) is 6.51. The van der Waals surface area contributed by atoms with E-state index in [1.54, 1.807) is 12.1 Å². The number of rotatable bonds is 6. The van der Waals surface area contributed by atoms with E-state index in [2.05, 4.69) is 6.92 Å². The molecule has 134 valence electrons. The van der Waals surface area contributed by atoms with E-state index in [9.17, 15) is 9.59 Å². The minimum Gasteiger partial charge on any atom is -0.467 e. The second-order valence-corrected chi connectivity index (χ2v) is 7.23. The van der Waals surface area contributed by atoms with Crippen molar-refractivity contribution >= 4 is 23.5 Å². The zero-order valence-corrected chi connectivity index (χ0v) is 15.2. The van der Waals surface area contributed by atoms with Gasteiger partial charge in [-0.25, -0.2) is 4.79 Å². The second kappa shape index (κ2) is 7.48. The van der Waals surface area contributed by atoms with Crippen LogP contribution in [0.3, 0.4) is 0 Å². The van der Waals surface area contributed by atoms with Gasteiger partial charge in [0.15, 0.2) is 0 Å². The van der Waals surface area contributed by atoms with Gasteiger partial charge in [-0.1, -0.05) is 30.7 Å². The molecule has 1 aromatic carbocycles. The number of esters is 1. The monoisotopic (exact) mass is 363 g/mol. The van der Waals surface area contributed by atoms with E-state index in [0.717, 1.165) is 12.8 Å². The zero-order chi connectivity index (χ0) is 18.0. The quantitative estimate of drug-likeness (QED) is 0.727. The van der Waals surface area contributed by atoms with Crippen molar-refractivity contribution in [3.63, 3.8) is 0 Å². The lowest BCUT2D eigenvalue weighted by Gasteiger charge is -2.37. The first-order valence-electron chi connectivity index (χ1n) is 8.49. The van der Waals surface area contributed by atoms with E-state index in [0.29, 0.717) is 34.8 Å². The molecule has 1 unspecified atom stereocenters. The lowest BCUT2D eigenvalue weighted by atomic mass is 9.73. The third kappa shape index (κ3) is 3.98. The standard InChI is InChI=1S/C19H22ClNO4/c1-12-7-13(8-12)9-16(19(23)24-2)21-11-14(10-18(21)22)25-17-6-4-3-5-15(17)20/h3-6,10,12-13,16H,7-9,11H2,1-2H3. The number of benzene rings is 1. The van der Waals surface area contributed by atoms with Crippen molar-refractivity contribution in [1.82, 2.24) is 4.90 Å². The molecule has 1 atom stereocenters. The predicted octanol–water partition coefficient (Wildman–Crippen LogP) is 3.42. The van der Waals surface area contributed by atoms with Gasteiger partial charge in [0.1, 0.15) is 17.6 Å². The van der Waals surface area contributed by atoms with Crippen molar-refractivity contribution in [2.45, 2.75) is 32.2 Å².